The number of hydrogen-bond acceptors (Lipinski definition) is 4. The predicted octanol–water partition coefficient (Wildman–Crippen LogP) is 3.40. The minimum absolute atomic E-state index is 0.163. The lowest BCUT2D eigenvalue weighted by Gasteiger charge is -2.26. The maximum absolute atomic E-state index is 10.3. The van der Waals surface area contributed by atoms with Gasteiger partial charge >= 0.3 is 0 Å². The van der Waals surface area contributed by atoms with Crippen LogP contribution in [0.2, 0.25) is 0 Å². The minimum Gasteiger partial charge on any atom is -0.211 e. The summed E-state index contributed by atoms with van der Waals surface area (Å²) in [6.07, 6.45) is 8.32. The van der Waals surface area contributed by atoms with E-state index >= 15 is 0 Å². The number of aryl methyl sites for hydroxylation is 1. The second kappa shape index (κ2) is 6.95. The topological polar surface area (TPSA) is 58.9 Å². The molecule has 0 unspecified atom stereocenters. The summed E-state index contributed by atoms with van der Waals surface area (Å²) in [6.45, 7) is 2.08. The van der Waals surface area contributed by atoms with Crippen molar-refractivity contribution in [2.45, 2.75) is 45.1 Å². The van der Waals surface area contributed by atoms with Crippen molar-refractivity contribution in [1.82, 2.24) is 0 Å². The number of nitrogens with zero attached hydrogens (tertiary/aromatic N) is 2. The number of isocyanates is 2. The van der Waals surface area contributed by atoms with Gasteiger partial charge in [0, 0.05) is 0 Å². The van der Waals surface area contributed by atoms with Crippen LogP contribution in [0, 0.1) is 12.8 Å². The Morgan fingerprint density at radius 2 is 1.90 bits per heavy atom. The molecule has 1 fully saturated rings. The van der Waals surface area contributed by atoms with Gasteiger partial charge in [0.05, 0.1) is 11.7 Å². The van der Waals surface area contributed by atoms with Gasteiger partial charge in [-0.1, -0.05) is 6.07 Å². The molecule has 4 heteroatoms. The van der Waals surface area contributed by atoms with E-state index in [4.69, 9.17) is 0 Å². The quantitative estimate of drug-likeness (QED) is 0.622. The lowest BCUT2D eigenvalue weighted by atomic mass is 9.82. The number of hydrogen-bond donors (Lipinski definition) is 0. The largest absolute Gasteiger partial charge is 0.240 e. The molecule has 0 bridgehead atoms. The summed E-state index contributed by atoms with van der Waals surface area (Å²) in [5.41, 5.74) is 3.13. The van der Waals surface area contributed by atoms with Gasteiger partial charge in [0.15, 0.2) is 0 Å². The molecule has 0 atom stereocenters. The van der Waals surface area contributed by atoms with E-state index < -0.39 is 0 Å². The molecule has 0 amide bonds. The Kier molecular flexibility index (Phi) is 5.00. The second-order valence-electron chi connectivity index (χ2n) is 5.41. The third-order valence-electron chi connectivity index (χ3n) is 4.07. The average Bonchev–Trinajstić information content (AvgIpc) is 2.45. The molecule has 0 aliphatic heterocycles. The third kappa shape index (κ3) is 3.74. The molecule has 0 heterocycles. The van der Waals surface area contributed by atoms with Crippen LogP contribution in [0.3, 0.4) is 0 Å². The van der Waals surface area contributed by atoms with Gasteiger partial charge in [0.2, 0.25) is 12.2 Å². The third-order valence-corrected chi connectivity index (χ3v) is 4.07. The first kappa shape index (κ1) is 14.4. The van der Waals surface area contributed by atoms with E-state index in [1.54, 1.807) is 12.2 Å². The molecule has 1 aromatic rings. The van der Waals surface area contributed by atoms with E-state index in [1.165, 1.54) is 11.1 Å². The van der Waals surface area contributed by atoms with Crippen LogP contribution in [0.5, 0.6) is 0 Å². The van der Waals surface area contributed by atoms with Gasteiger partial charge in [-0.2, -0.15) is 4.99 Å². The zero-order valence-electron chi connectivity index (χ0n) is 11.6. The molecule has 0 spiro atoms. The first-order valence-corrected chi connectivity index (χ1v) is 6.97. The fourth-order valence-electron chi connectivity index (χ4n) is 2.86. The normalized spacial score (nSPS) is 21.6. The van der Waals surface area contributed by atoms with Gasteiger partial charge in [-0.15, -0.1) is 0 Å². The molecule has 4 nitrogen and oxygen atoms in total. The molecule has 2 rings (SSSR count). The van der Waals surface area contributed by atoms with Gasteiger partial charge < -0.3 is 0 Å². The molecule has 0 aromatic heterocycles. The van der Waals surface area contributed by atoms with Crippen LogP contribution < -0.4 is 0 Å². The Hall–Kier alpha value is -2.02. The Balaban J connectivity index is 2.02. The van der Waals surface area contributed by atoms with Crippen molar-refractivity contribution in [2.24, 2.45) is 15.9 Å². The molecule has 1 aromatic carbocycles. The maximum atomic E-state index is 10.3. The summed E-state index contributed by atoms with van der Waals surface area (Å²) in [6, 6.07) is 5.96. The Morgan fingerprint density at radius 1 is 1.15 bits per heavy atom. The van der Waals surface area contributed by atoms with E-state index in [0.29, 0.717) is 11.6 Å². The van der Waals surface area contributed by atoms with Gasteiger partial charge in [-0.25, -0.2) is 14.6 Å². The smallest absolute Gasteiger partial charge is 0.211 e. The number of rotatable bonds is 4. The highest BCUT2D eigenvalue weighted by Gasteiger charge is 2.21. The standard InChI is InChI=1S/C16H18N2O2/c1-12-2-5-16(18-11-20)9-14(12)8-13-3-6-15(7-4-13)17-10-19/h2,5,9,13,15H,3-4,6-8H2,1H3. The molecular weight excluding hydrogens is 252 g/mol. The summed E-state index contributed by atoms with van der Waals surface area (Å²) in [7, 11) is 0. The number of aliphatic imine (C=N–C) groups is 2. The Labute approximate surface area is 118 Å². The zero-order chi connectivity index (χ0) is 14.4. The van der Waals surface area contributed by atoms with E-state index in [-0.39, 0.29) is 6.04 Å². The van der Waals surface area contributed by atoms with Crippen molar-refractivity contribution >= 4 is 17.8 Å². The second-order valence-corrected chi connectivity index (χ2v) is 5.41. The highest BCUT2D eigenvalue weighted by Crippen LogP contribution is 2.30. The van der Waals surface area contributed by atoms with Crippen molar-refractivity contribution in [1.29, 1.82) is 0 Å². The van der Waals surface area contributed by atoms with Gasteiger partial charge in [0.25, 0.3) is 0 Å². The van der Waals surface area contributed by atoms with Crippen LogP contribution in [-0.4, -0.2) is 18.2 Å². The van der Waals surface area contributed by atoms with Crippen molar-refractivity contribution in [2.75, 3.05) is 0 Å². The molecule has 1 aliphatic rings. The lowest BCUT2D eigenvalue weighted by molar-refractivity contribution is 0.325. The Bertz CT molecular complexity index is 562. The summed E-state index contributed by atoms with van der Waals surface area (Å²) >= 11 is 0. The van der Waals surface area contributed by atoms with E-state index in [9.17, 15) is 9.59 Å². The van der Waals surface area contributed by atoms with E-state index in [0.717, 1.165) is 32.1 Å². The van der Waals surface area contributed by atoms with Crippen molar-refractivity contribution in [3.05, 3.63) is 29.3 Å². The first-order chi connectivity index (χ1) is 9.72. The fourth-order valence-corrected chi connectivity index (χ4v) is 2.86. The van der Waals surface area contributed by atoms with E-state index in [1.807, 2.05) is 18.2 Å². The highest BCUT2D eigenvalue weighted by atomic mass is 16.1. The van der Waals surface area contributed by atoms with Crippen LogP contribution in [0.1, 0.15) is 36.8 Å². The molecular formula is C16H18N2O2. The molecule has 20 heavy (non-hydrogen) atoms. The molecule has 1 saturated carbocycles. The van der Waals surface area contributed by atoms with Crippen molar-refractivity contribution in [3.8, 4) is 0 Å². The van der Waals surface area contributed by atoms with Gasteiger partial charge in [-0.05, 0) is 68.2 Å². The van der Waals surface area contributed by atoms with Crippen LogP contribution in [0.4, 0.5) is 5.69 Å². The average molecular weight is 270 g/mol. The van der Waals surface area contributed by atoms with Gasteiger partial charge in [-0.3, -0.25) is 0 Å². The number of carbonyl (C=O) groups excluding carboxylic acids is 2. The molecule has 0 saturated heterocycles. The first-order valence-electron chi connectivity index (χ1n) is 6.97. The lowest BCUT2D eigenvalue weighted by Crippen LogP contribution is -2.18. The van der Waals surface area contributed by atoms with Crippen LogP contribution in [-0.2, 0) is 16.0 Å². The van der Waals surface area contributed by atoms with Gasteiger partial charge in [0.1, 0.15) is 0 Å². The summed E-state index contributed by atoms with van der Waals surface area (Å²) < 4.78 is 0. The summed E-state index contributed by atoms with van der Waals surface area (Å²) in [5.74, 6) is 0.613. The summed E-state index contributed by atoms with van der Waals surface area (Å²) in [5, 5.41) is 0. The minimum atomic E-state index is 0.163. The molecule has 1 aliphatic carbocycles. The van der Waals surface area contributed by atoms with Crippen LogP contribution in [0.15, 0.2) is 28.2 Å². The van der Waals surface area contributed by atoms with E-state index in [2.05, 4.69) is 16.9 Å². The van der Waals surface area contributed by atoms with Crippen molar-refractivity contribution < 1.29 is 9.59 Å². The number of benzene rings is 1. The molecule has 0 N–H and O–H groups in total. The molecule has 104 valence electrons. The fraction of sp³-hybridized carbons (Fsp3) is 0.500. The maximum Gasteiger partial charge on any atom is 0.240 e. The highest BCUT2D eigenvalue weighted by molar-refractivity contribution is 5.51. The van der Waals surface area contributed by atoms with Crippen LogP contribution in [0.25, 0.3) is 0 Å². The molecule has 0 radical (unpaired) electrons. The monoisotopic (exact) mass is 270 g/mol. The summed E-state index contributed by atoms with van der Waals surface area (Å²) in [4.78, 5) is 28.1. The van der Waals surface area contributed by atoms with Crippen molar-refractivity contribution in [3.63, 3.8) is 0 Å². The Morgan fingerprint density at radius 3 is 2.55 bits per heavy atom. The predicted molar refractivity (Wildman–Crippen MR) is 76.5 cm³/mol. The zero-order valence-corrected chi connectivity index (χ0v) is 11.6. The SMILES string of the molecule is Cc1ccc(N=C=O)cc1CC1CCC(N=C=O)CC1. The van der Waals surface area contributed by atoms with Crippen LogP contribution >= 0.6 is 0 Å².